The number of hydrazine groups is 1. The van der Waals surface area contributed by atoms with E-state index in [4.69, 9.17) is 9.47 Å². The molecule has 2 rings (SSSR count). The zero-order valence-corrected chi connectivity index (χ0v) is 23.5. The zero-order chi connectivity index (χ0) is 28.7. The average Bonchev–Trinajstić information content (AvgIpc) is 3.29. The first-order valence-electron chi connectivity index (χ1n) is 11.4. The second-order valence-corrected chi connectivity index (χ2v) is 12.8. The fraction of sp³-hybridized carbons (Fsp3) is 0.417. The number of hydrogen-bond donors (Lipinski definition) is 4. The molecule has 1 atom stereocenters. The molecule has 0 aliphatic heterocycles. The van der Waals surface area contributed by atoms with Gasteiger partial charge in [-0.25, -0.2) is 18.6 Å². The van der Waals surface area contributed by atoms with Gasteiger partial charge in [0.25, 0.3) is 11.8 Å². The second kappa shape index (κ2) is 12.4. The predicted octanol–water partition coefficient (Wildman–Crippen LogP) is 2.34. The van der Waals surface area contributed by atoms with Crippen molar-refractivity contribution >= 4 is 45.2 Å². The van der Waals surface area contributed by atoms with Crippen LogP contribution in [0.25, 0.3) is 0 Å². The highest BCUT2D eigenvalue weighted by Gasteiger charge is 2.30. The maximum Gasteiger partial charge on any atom is 0.426 e. The molecule has 0 fully saturated rings. The molecule has 0 radical (unpaired) electrons. The summed E-state index contributed by atoms with van der Waals surface area (Å²) >= 11 is 0.823. The highest BCUT2D eigenvalue weighted by atomic mass is 32.2. The lowest BCUT2D eigenvalue weighted by Crippen LogP contribution is -2.50. The SMILES string of the molecule is CC(C)(C)OC(=O)NNC(=O)c1ccc(C(=O)NCC(NS(=O)(=O)c2ccccc2)C(=O)OC(C)(C)C)s1. The molecule has 208 valence electrons. The molecule has 3 amide bonds. The first kappa shape index (κ1) is 30.7. The Balaban J connectivity index is 2.06. The van der Waals surface area contributed by atoms with Crippen LogP contribution in [-0.2, 0) is 24.3 Å². The summed E-state index contributed by atoms with van der Waals surface area (Å²) in [5.41, 5.74) is 2.63. The molecule has 0 spiro atoms. The Morgan fingerprint density at radius 2 is 1.37 bits per heavy atom. The van der Waals surface area contributed by atoms with E-state index in [2.05, 4.69) is 20.9 Å². The number of benzene rings is 1. The molecule has 2 aromatic rings. The van der Waals surface area contributed by atoms with Gasteiger partial charge in [-0.2, -0.15) is 4.72 Å². The number of sulfonamides is 1. The number of rotatable bonds is 8. The summed E-state index contributed by atoms with van der Waals surface area (Å²) in [7, 11) is -4.10. The van der Waals surface area contributed by atoms with Crippen LogP contribution >= 0.6 is 11.3 Å². The number of ether oxygens (including phenoxy) is 2. The number of thiophene rings is 1. The first-order chi connectivity index (χ1) is 17.5. The van der Waals surface area contributed by atoms with Gasteiger partial charge in [-0.05, 0) is 65.8 Å². The summed E-state index contributed by atoms with van der Waals surface area (Å²) in [6.07, 6.45) is -0.855. The second-order valence-electron chi connectivity index (χ2n) is 9.98. The molecule has 0 saturated carbocycles. The average molecular weight is 569 g/mol. The molecule has 1 unspecified atom stereocenters. The van der Waals surface area contributed by atoms with Crippen LogP contribution < -0.4 is 20.9 Å². The summed E-state index contributed by atoms with van der Waals surface area (Å²) in [6.45, 7) is 9.46. The molecule has 4 N–H and O–H groups in total. The van der Waals surface area contributed by atoms with E-state index in [1.807, 2.05) is 0 Å². The van der Waals surface area contributed by atoms with Crippen molar-refractivity contribution in [1.29, 1.82) is 0 Å². The van der Waals surface area contributed by atoms with Crippen LogP contribution in [0.5, 0.6) is 0 Å². The van der Waals surface area contributed by atoms with Crippen LogP contribution in [0.15, 0.2) is 47.4 Å². The molecule has 0 bridgehead atoms. The molecule has 0 saturated heterocycles. The van der Waals surface area contributed by atoms with Crippen LogP contribution in [0.1, 0.15) is 60.9 Å². The van der Waals surface area contributed by atoms with Crippen molar-refractivity contribution in [1.82, 2.24) is 20.9 Å². The molecular weight excluding hydrogens is 536 g/mol. The van der Waals surface area contributed by atoms with Crippen molar-refractivity contribution in [2.75, 3.05) is 6.54 Å². The summed E-state index contributed by atoms with van der Waals surface area (Å²) in [6, 6.07) is 8.76. The largest absolute Gasteiger partial charge is 0.459 e. The topological polar surface area (TPSA) is 169 Å². The van der Waals surface area contributed by atoms with Crippen molar-refractivity contribution in [3.63, 3.8) is 0 Å². The van der Waals surface area contributed by atoms with Crippen LogP contribution in [0, 0.1) is 0 Å². The van der Waals surface area contributed by atoms with Gasteiger partial charge in [-0.15, -0.1) is 11.3 Å². The summed E-state index contributed by atoms with van der Waals surface area (Å²) in [5, 5.41) is 2.49. The van der Waals surface area contributed by atoms with E-state index in [1.54, 1.807) is 47.6 Å². The van der Waals surface area contributed by atoms with E-state index < -0.39 is 57.7 Å². The third kappa shape index (κ3) is 10.1. The smallest absolute Gasteiger partial charge is 0.426 e. The van der Waals surface area contributed by atoms with E-state index in [9.17, 15) is 27.6 Å². The van der Waals surface area contributed by atoms with Crippen molar-refractivity contribution in [2.24, 2.45) is 0 Å². The molecule has 0 aliphatic carbocycles. The minimum Gasteiger partial charge on any atom is -0.459 e. The Labute approximate surface area is 225 Å². The van der Waals surface area contributed by atoms with E-state index in [0.29, 0.717) is 0 Å². The lowest BCUT2D eigenvalue weighted by Gasteiger charge is -2.24. The molecule has 1 heterocycles. The number of carbonyl (C=O) groups excluding carboxylic acids is 4. The zero-order valence-electron chi connectivity index (χ0n) is 21.9. The lowest BCUT2D eigenvalue weighted by molar-refractivity contribution is -0.156. The fourth-order valence-electron chi connectivity index (χ4n) is 2.74. The Kier molecular flexibility index (Phi) is 10.0. The molecule has 12 nitrogen and oxygen atoms in total. The highest BCUT2D eigenvalue weighted by Crippen LogP contribution is 2.17. The molecule has 14 heteroatoms. The van der Waals surface area contributed by atoms with Gasteiger partial charge in [-0.1, -0.05) is 18.2 Å². The van der Waals surface area contributed by atoms with Crippen LogP contribution in [0.4, 0.5) is 4.79 Å². The predicted molar refractivity (Wildman–Crippen MR) is 140 cm³/mol. The van der Waals surface area contributed by atoms with Gasteiger partial charge in [0.15, 0.2) is 0 Å². The third-order valence-corrected chi connectivity index (χ3v) is 6.81. The lowest BCUT2D eigenvalue weighted by atomic mass is 10.2. The minimum absolute atomic E-state index is 0.0613. The van der Waals surface area contributed by atoms with E-state index in [1.165, 1.54) is 36.4 Å². The third-order valence-electron chi connectivity index (χ3n) is 4.24. The maximum absolute atomic E-state index is 12.8. The van der Waals surface area contributed by atoms with Crippen molar-refractivity contribution < 1.29 is 37.1 Å². The minimum atomic E-state index is -4.10. The quantitative estimate of drug-likeness (QED) is 0.278. The standard InChI is InChI=1S/C24H32N4O8S2/c1-23(2,3)35-21(31)16(28-38(33,34)15-10-8-7-9-11-15)14-25-19(29)17-12-13-18(37-17)20(30)26-27-22(32)36-24(4,5)6/h7-13,16,28H,14H2,1-6H3,(H,25,29)(H,26,30)(H,27,32). The number of esters is 1. The number of amides is 3. The van der Waals surface area contributed by atoms with Gasteiger partial charge >= 0.3 is 12.1 Å². The van der Waals surface area contributed by atoms with Gasteiger partial charge in [0.05, 0.1) is 14.6 Å². The number of hydrogen-bond acceptors (Lipinski definition) is 9. The van der Waals surface area contributed by atoms with Crippen molar-refractivity contribution in [3.8, 4) is 0 Å². The van der Waals surface area contributed by atoms with Crippen LogP contribution in [0.3, 0.4) is 0 Å². The van der Waals surface area contributed by atoms with Gasteiger partial charge in [0, 0.05) is 6.54 Å². The molecule has 1 aromatic heterocycles. The van der Waals surface area contributed by atoms with Gasteiger partial charge < -0.3 is 14.8 Å². The fourth-order valence-corrected chi connectivity index (χ4v) is 4.76. The molecule has 1 aromatic carbocycles. The summed E-state index contributed by atoms with van der Waals surface area (Å²) in [4.78, 5) is 49.6. The summed E-state index contributed by atoms with van der Waals surface area (Å²) < 4.78 is 38.2. The van der Waals surface area contributed by atoms with Gasteiger partial charge in [-0.3, -0.25) is 19.8 Å². The molecule has 38 heavy (non-hydrogen) atoms. The Hall–Kier alpha value is -3.49. The Bertz CT molecular complexity index is 1260. The monoisotopic (exact) mass is 568 g/mol. The molecular formula is C24H32N4O8S2. The van der Waals surface area contributed by atoms with Gasteiger partial charge in [0.1, 0.15) is 17.2 Å². The normalized spacial score (nSPS) is 12.7. The summed E-state index contributed by atoms with van der Waals surface area (Å²) in [5.74, 6) is -2.21. The van der Waals surface area contributed by atoms with E-state index >= 15 is 0 Å². The van der Waals surface area contributed by atoms with E-state index in [-0.39, 0.29) is 14.6 Å². The number of carbonyl (C=O) groups is 4. The number of nitrogens with one attached hydrogen (secondary N) is 4. The first-order valence-corrected chi connectivity index (χ1v) is 13.7. The van der Waals surface area contributed by atoms with E-state index in [0.717, 1.165) is 11.3 Å². The van der Waals surface area contributed by atoms with Crippen molar-refractivity contribution in [3.05, 3.63) is 52.2 Å². The Morgan fingerprint density at radius 3 is 1.92 bits per heavy atom. The molecule has 0 aliphatic rings. The van der Waals surface area contributed by atoms with Crippen LogP contribution in [-0.4, -0.2) is 56.1 Å². The van der Waals surface area contributed by atoms with Gasteiger partial charge in [0.2, 0.25) is 10.0 Å². The van der Waals surface area contributed by atoms with Crippen LogP contribution in [0.2, 0.25) is 0 Å². The highest BCUT2D eigenvalue weighted by molar-refractivity contribution is 7.89. The maximum atomic E-state index is 12.8. The van der Waals surface area contributed by atoms with Crippen molar-refractivity contribution in [2.45, 2.75) is 63.7 Å². The Morgan fingerprint density at radius 1 is 0.816 bits per heavy atom.